The van der Waals surface area contributed by atoms with Crippen LogP contribution in [0.3, 0.4) is 0 Å². The lowest BCUT2D eigenvalue weighted by atomic mass is 9.82. The maximum atomic E-state index is 11.7. The van der Waals surface area contributed by atoms with Crippen molar-refractivity contribution in [3.05, 3.63) is 0 Å². The summed E-state index contributed by atoms with van der Waals surface area (Å²) in [4.78, 5) is 13.9. The van der Waals surface area contributed by atoms with Crippen LogP contribution in [-0.4, -0.2) is 43.5 Å². The quantitative estimate of drug-likeness (QED) is 0.595. The van der Waals surface area contributed by atoms with E-state index in [1.54, 1.807) is 7.11 Å². The molecule has 1 unspecified atom stereocenters. The van der Waals surface area contributed by atoms with Gasteiger partial charge in [-0.15, -0.1) is 0 Å². The molecule has 0 radical (unpaired) electrons. The average Bonchev–Trinajstić information content (AvgIpc) is 2.12. The van der Waals surface area contributed by atoms with Gasteiger partial charge in [0.15, 0.2) is 5.78 Å². The smallest absolute Gasteiger partial charge is 0.155 e. The summed E-state index contributed by atoms with van der Waals surface area (Å²) in [5, 5.41) is 0. The van der Waals surface area contributed by atoms with Gasteiger partial charge in [-0.3, -0.25) is 9.69 Å². The van der Waals surface area contributed by atoms with Crippen molar-refractivity contribution in [2.24, 2.45) is 5.92 Å². The van der Waals surface area contributed by atoms with Crippen LogP contribution < -0.4 is 0 Å². The Labute approximate surface area is 72.7 Å². The first-order valence-corrected chi connectivity index (χ1v) is 4.59. The first-order chi connectivity index (χ1) is 5.83. The summed E-state index contributed by atoms with van der Waals surface area (Å²) in [5.74, 6) is 0.754. The molecule has 0 amide bonds. The molecule has 0 saturated carbocycles. The van der Waals surface area contributed by atoms with E-state index in [0.717, 1.165) is 25.9 Å². The molecule has 0 aliphatic carbocycles. The number of hydrogen-bond donors (Lipinski definition) is 0. The van der Waals surface area contributed by atoms with Crippen LogP contribution in [0.5, 0.6) is 0 Å². The average molecular weight is 169 g/mol. The van der Waals surface area contributed by atoms with E-state index in [9.17, 15) is 4.79 Å². The Hall–Kier alpha value is -0.410. The molecule has 0 spiro atoms. The van der Waals surface area contributed by atoms with Crippen LogP contribution in [0.15, 0.2) is 0 Å². The molecule has 3 aliphatic heterocycles. The Balaban J connectivity index is 2.07. The third-order valence-electron chi connectivity index (χ3n) is 3.03. The molecule has 0 aromatic heterocycles. The summed E-state index contributed by atoms with van der Waals surface area (Å²) in [6, 6.07) is 0.0718. The van der Waals surface area contributed by atoms with Gasteiger partial charge in [0.1, 0.15) is 0 Å². The number of methoxy groups -OCH3 is 1. The van der Waals surface area contributed by atoms with Crippen molar-refractivity contribution < 1.29 is 9.53 Å². The molecule has 3 fully saturated rings. The van der Waals surface area contributed by atoms with Crippen LogP contribution in [0.1, 0.15) is 12.8 Å². The fourth-order valence-electron chi connectivity index (χ4n) is 2.29. The Morgan fingerprint density at radius 2 is 2.17 bits per heavy atom. The van der Waals surface area contributed by atoms with Gasteiger partial charge in [-0.25, -0.2) is 0 Å². The molecule has 3 aliphatic rings. The van der Waals surface area contributed by atoms with E-state index < -0.39 is 0 Å². The highest BCUT2D eigenvalue weighted by atomic mass is 16.5. The molecule has 2 bridgehead atoms. The van der Waals surface area contributed by atoms with Crippen LogP contribution >= 0.6 is 0 Å². The van der Waals surface area contributed by atoms with Crippen LogP contribution in [0, 0.1) is 5.92 Å². The third kappa shape index (κ3) is 1.17. The van der Waals surface area contributed by atoms with Gasteiger partial charge in [-0.05, 0) is 25.9 Å². The van der Waals surface area contributed by atoms with Gasteiger partial charge in [0.2, 0.25) is 0 Å². The normalized spacial score (nSPS) is 40.4. The van der Waals surface area contributed by atoms with Crippen molar-refractivity contribution in [2.45, 2.75) is 18.9 Å². The number of ketones is 1. The monoisotopic (exact) mass is 169 g/mol. The predicted molar refractivity (Wildman–Crippen MR) is 45.0 cm³/mol. The van der Waals surface area contributed by atoms with Crippen molar-refractivity contribution in [1.82, 2.24) is 4.90 Å². The molecule has 3 saturated heterocycles. The highest BCUT2D eigenvalue weighted by Gasteiger charge is 2.40. The Kier molecular flexibility index (Phi) is 2.15. The highest BCUT2D eigenvalue weighted by molar-refractivity contribution is 5.88. The van der Waals surface area contributed by atoms with Crippen molar-refractivity contribution in [1.29, 1.82) is 0 Å². The third-order valence-corrected chi connectivity index (χ3v) is 3.03. The van der Waals surface area contributed by atoms with Crippen LogP contribution in [0.4, 0.5) is 0 Å². The zero-order chi connectivity index (χ0) is 8.55. The van der Waals surface area contributed by atoms with Crippen molar-refractivity contribution in [3.8, 4) is 0 Å². The van der Waals surface area contributed by atoms with Gasteiger partial charge in [0, 0.05) is 13.0 Å². The minimum Gasteiger partial charge on any atom is -0.383 e. The molecule has 3 rings (SSSR count). The number of fused-ring (bicyclic) bond motifs is 3. The second-order valence-corrected chi connectivity index (χ2v) is 3.68. The molecule has 0 N–H and O–H groups in total. The highest BCUT2D eigenvalue weighted by Crippen LogP contribution is 2.28. The summed E-state index contributed by atoms with van der Waals surface area (Å²) < 4.78 is 5.04. The van der Waals surface area contributed by atoms with Gasteiger partial charge in [-0.2, -0.15) is 0 Å². The van der Waals surface area contributed by atoms with Crippen molar-refractivity contribution in [2.75, 3.05) is 26.8 Å². The second-order valence-electron chi connectivity index (χ2n) is 3.68. The SMILES string of the molecule is COCC1C(=O)C2CCN1CC2. The van der Waals surface area contributed by atoms with Gasteiger partial charge in [0.05, 0.1) is 12.6 Å². The number of piperidine rings is 3. The molecular weight excluding hydrogens is 154 g/mol. The largest absolute Gasteiger partial charge is 0.383 e. The number of ether oxygens (including phenoxy) is 1. The second kappa shape index (κ2) is 3.15. The molecule has 3 heterocycles. The van der Waals surface area contributed by atoms with Gasteiger partial charge in [0.25, 0.3) is 0 Å². The molecule has 0 aromatic rings. The molecule has 3 heteroatoms. The fraction of sp³-hybridized carbons (Fsp3) is 0.889. The van der Waals surface area contributed by atoms with E-state index in [1.165, 1.54) is 0 Å². The van der Waals surface area contributed by atoms with Crippen LogP contribution in [-0.2, 0) is 9.53 Å². The number of hydrogen-bond acceptors (Lipinski definition) is 3. The van der Waals surface area contributed by atoms with Crippen LogP contribution in [0.2, 0.25) is 0 Å². The lowest BCUT2D eigenvalue weighted by Crippen LogP contribution is -2.57. The molecule has 0 aromatic carbocycles. The maximum Gasteiger partial charge on any atom is 0.155 e. The van der Waals surface area contributed by atoms with E-state index >= 15 is 0 Å². The topological polar surface area (TPSA) is 29.5 Å². The fourth-order valence-corrected chi connectivity index (χ4v) is 2.29. The van der Waals surface area contributed by atoms with Crippen LogP contribution in [0.25, 0.3) is 0 Å². The zero-order valence-electron chi connectivity index (χ0n) is 7.45. The molecule has 12 heavy (non-hydrogen) atoms. The minimum absolute atomic E-state index is 0.0718. The van der Waals surface area contributed by atoms with Crippen molar-refractivity contribution in [3.63, 3.8) is 0 Å². The lowest BCUT2D eigenvalue weighted by Gasteiger charge is -2.43. The van der Waals surface area contributed by atoms with E-state index in [4.69, 9.17) is 4.74 Å². The number of rotatable bonds is 2. The van der Waals surface area contributed by atoms with Gasteiger partial charge in [-0.1, -0.05) is 0 Å². The van der Waals surface area contributed by atoms with Gasteiger partial charge < -0.3 is 4.74 Å². The molecular formula is C9H15NO2. The minimum atomic E-state index is 0.0718. The van der Waals surface area contributed by atoms with Crippen molar-refractivity contribution >= 4 is 5.78 Å². The summed E-state index contributed by atoms with van der Waals surface area (Å²) in [6.45, 7) is 2.75. The van der Waals surface area contributed by atoms with Gasteiger partial charge >= 0.3 is 0 Å². The Morgan fingerprint density at radius 1 is 1.50 bits per heavy atom. The lowest BCUT2D eigenvalue weighted by molar-refractivity contribution is -0.139. The number of nitrogens with zero attached hydrogens (tertiary/aromatic N) is 1. The van der Waals surface area contributed by atoms with E-state index in [-0.39, 0.29) is 6.04 Å². The number of carbonyl (C=O) groups excluding carboxylic acids is 1. The van der Waals surface area contributed by atoms with E-state index in [1.807, 2.05) is 0 Å². The number of carbonyl (C=O) groups is 1. The first kappa shape index (κ1) is 8.20. The molecule has 68 valence electrons. The summed E-state index contributed by atoms with van der Waals surface area (Å²) in [6.07, 6.45) is 2.14. The summed E-state index contributed by atoms with van der Waals surface area (Å²) >= 11 is 0. The molecule has 1 atom stereocenters. The summed E-state index contributed by atoms with van der Waals surface area (Å²) in [5.41, 5.74) is 0. The standard InChI is InChI=1S/C9H15NO2/c1-12-6-8-9(11)7-2-4-10(8)5-3-7/h7-8H,2-6H2,1H3. The molecule has 3 nitrogen and oxygen atoms in total. The first-order valence-electron chi connectivity index (χ1n) is 4.59. The zero-order valence-corrected chi connectivity index (χ0v) is 7.45. The maximum absolute atomic E-state index is 11.7. The predicted octanol–water partition coefficient (Wildman–Crippen LogP) is 0.296. The Morgan fingerprint density at radius 3 is 2.67 bits per heavy atom. The van der Waals surface area contributed by atoms with E-state index in [0.29, 0.717) is 18.3 Å². The Bertz CT molecular complexity index is 185. The summed E-state index contributed by atoms with van der Waals surface area (Å²) in [7, 11) is 1.66. The number of Topliss-reactive ketones (excluding diaryl/α,β-unsaturated/α-hetero) is 1. The van der Waals surface area contributed by atoms with E-state index in [2.05, 4.69) is 4.90 Å².